The van der Waals surface area contributed by atoms with Crippen molar-refractivity contribution < 1.29 is 0 Å². The minimum atomic E-state index is 0.675. The van der Waals surface area contributed by atoms with Gasteiger partial charge in [-0.15, -0.1) is 0 Å². The van der Waals surface area contributed by atoms with Crippen LogP contribution in [0.4, 0.5) is 0 Å². The minimum absolute atomic E-state index is 0.675. The Kier molecular flexibility index (Phi) is 1.34. The maximum atomic E-state index is 2.37. The second-order valence-corrected chi connectivity index (χ2v) is 3.05. The topological polar surface area (TPSA) is 0 Å². The average Bonchev–Trinajstić information content (AvgIpc) is 2.44. The second kappa shape index (κ2) is 1.75. The summed E-state index contributed by atoms with van der Waals surface area (Å²) < 4.78 is 0. The Balaban J connectivity index is 2.31. The normalized spacial score (nSPS) is 37.9. The molecule has 47 valence electrons. The highest BCUT2D eigenvalue weighted by Gasteiger charge is 2.46. The first-order valence-electron chi connectivity index (χ1n) is 3.58. The van der Waals surface area contributed by atoms with Gasteiger partial charge in [0.1, 0.15) is 0 Å². The van der Waals surface area contributed by atoms with Crippen LogP contribution in [0.1, 0.15) is 40.0 Å². The van der Waals surface area contributed by atoms with Gasteiger partial charge in [-0.2, -0.15) is 0 Å². The van der Waals surface area contributed by atoms with Crippen LogP contribution in [-0.4, -0.2) is 0 Å². The predicted molar refractivity (Wildman–Crippen MR) is 36.5 cm³/mol. The van der Waals surface area contributed by atoms with Crippen molar-refractivity contribution in [2.45, 2.75) is 40.0 Å². The highest BCUT2D eigenvalue weighted by Crippen LogP contribution is 2.58. The Hall–Kier alpha value is 0. The van der Waals surface area contributed by atoms with Gasteiger partial charge in [-0.3, -0.25) is 0 Å². The molecule has 0 aliphatic heterocycles. The Morgan fingerprint density at radius 3 is 2.25 bits per heavy atom. The lowest BCUT2D eigenvalue weighted by molar-refractivity contribution is 0.553. The van der Waals surface area contributed by atoms with Crippen LogP contribution in [0, 0.1) is 11.3 Å². The lowest BCUT2D eigenvalue weighted by Crippen LogP contribution is -1.91. The molecule has 0 amide bonds. The molecule has 1 aliphatic carbocycles. The fraction of sp³-hybridized carbons (Fsp3) is 0.875. The van der Waals surface area contributed by atoms with Gasteiger partial charge in [-0.25, -0.2) is 0 Å². The van der Waals surface area contributed by atoms with Gasteiger partial charge in [0, 0.05) is 0 Å². The molecule has 0 aromatic rings. The van der Waals surface area contributed by atoms with E-state index in [2.05, 4.69) is 20.8 Å². The van der Waals surface area contributed by atoms with Gasteiger partial charge < -0.3 is 0 Å². The fourth-order valence-corrected chi connectivity index (χ4v) is 1.35. The van der Waals surface area contributed by atoms with Gasteiger partial charge in [-0.05, 0) is 24.2 Å². The standard InChI is InChI=1S/C8H15/c1-4-7-6-8(7,3)5-2/h4-6H2,1-3H3. The highest BCUT2D eigenvalue weighted by molar-refractivity contribution is 5.21. The summed E-state index contributed by atoms with van der Waals surface area (Å²) >= 11 is 0. The third kappa shape index (κ3) is 0.765. The Morgan fingerprint density at radius 2 is 2.12 bits per heavy atom. The minimum Gasteiger partial charge on any atom is -0.0648 e. The number of rotatable bonds is 2. The van der Waals surface area contributed by atoms with Crippen molar-refractivity contribution in [2.75, 3.05) is 0 Å². The van der Waals surface area contributed by atoms with E-state index in [1.807, 2.05) is 0 Å². The molecule has 8 heavy (non-hydrogen) atoms. The molecule has 1 saturated carbocycles. The monoisotopic (exact) mass is 111 g/mol. The molecule has 1 aliphatic rings. The molecule has 1 rings (SSSR count). The van der Waals surface area contributed by atoms with Crippen LogP contribution >= 0.6 is 0 Å². The van der Waals surface area contributed by atoms with E-state index in [1.54, 1.807) is 5.92 Å². The summed E-state index contributed by atoms with van der Waals surface area (Å²) in [5.41, 5.74) is 0.675. The molecule has 0 N–H and O–H groups in total. The summed E-state index contributed by atoms with van der Waals surface area (Å²) in [6, 6.07) is 0. The first-order chi connectivity index (χ1) is 3.73. The molecule has 1 fully saturated rings. The average molecular weight is 111 g/mol. The molecule has 0 spiro atoms. The van der Waals surface area contributed by atoms with Crippen molar-refractivity contribution in [3.8, 4) is 0 Å². The van der Waals surface area contributed by atoms with E-state index in [0.29, 0.717) is 5.41 Å². The van der Waals surface area contributed by atoms with Crippen molar-refractivity contribution in [2.24, 2.45) is 5.41 Å². The molecular formula is C8H15. The van der Waals surface area contributed by atoms with Gasteiger partial charge in [-0.1, -0.05) is 27.2 Å². The van der Waals surface area contributed by atoms with E-state index in [0.717, 1.165) is 0 Å². The number of hydrogen-bond donors (Lipinski definition) is 0. The van der Waals surface area contributed by atoms with Crippen LogP contribution < -0.4 is 0 Å². The summed E-state index contributed by atoms with van der Waals surface area (Å²) in [5.74, 6) is 1.78. The third-order valence-corrected chi connectivity index (χ3v) is 2.54. The van der Waals surface area contributed by atoms with Gasteiger partial charge in [0.2, 0.25) is 0 Å². The van der Waals surface area contributed by atoms with Gasteiger partial charge >= 0.3 is 0 Å². The molecule has 1 atom stereocenters. The van der Waals surface area contributed by atoms with E-state index in [9.17, 15) is 0 Å². The van der Waals surface area contributed by atoms with Gasteiger partial charge in [0.25, 0.3) is 0 Å². The lowest BCUT2D eigenvalue weighted by Gasteiger charge is -2.02. The zero-order chi connectivity index (χ0) is 6.20. The second-order valence-electron chi connectivity index (χ2n) is 3.05. The van der Waals surface area contributed by atoms with Crippen molar-refractivity contribution in [1.82, 2.24) is 0 Å². The van der Waals surface area contributed by atoms with E-state index in [-0.39, 0.29) is 0 Å². The van der Waals surface area contributed by atoms with Crippen LogP contribution in [0.25, 0.3) is 0 Å². The Labute approximate surface area is 52.3 Å². The quantitative estimate of drug-likeness (QED) is 0.514. The zero-order valence-corrected chi connectivity index (χ0v) is 6.12. The van der Waals surface area contributed by atoms with E-state index in [1.165, 1.54) is 19.3 Å². The molecule has 1 radical (unpaired) electrons. The number of hydrogen-bond acceptors (Lipinski definition) is 0. The van der Waals surface area contributed by atoms with Crippen molar-refractivity contribution in [1.29, 1.82) is 0 Å². The molecule has 0 heteroatoms. The van der Waals surface area contributed by atoms with Crippen molar-refractivity contribution in [3.05, 3.63) is 5.92 Å². The summed E-state index contributed by atoms with van der Waals surface area (Å²) in [6.07, 6.45) is 4.06. The highest BCUT2D eigenvalue weighted by atomic mass is 14.5. The molecule has 0 heterocycles. The Bertz CT molecular complexity index is 86.0. The van der Waals surface area contributed by atoms with E-state index < -0.39 is 0 Å². The molecular weight excluding hydrogens is 96.1 g/mol. The van der Waals surface area contributed by atoms with Crippen LogP contribution in [0.5, 0.6) is 0 Å². The van der Waals surface area contributed by atoms with Gasteiger partial charge in [0.15, 0.2) is 0 Å². The molecule has 0 saturated heterocycles. The van der Waals surface area contributed by atoms with Crippen LogP contribution in [0.15, 0.2) is 0 Å². The zero-order valence-electron chi connectivity index (χ0n) is 6.12. The molecule has 0 aromatic carbocycles. The van der Waals surface area contributed by atoms with Gasteiger partial charge in [0.05, 0.1) is 0 Å². The van der Waals surface area contributed by atoms with Crippen LogP contribution in [-0.2, 0) is 0 Å². The van der Waals surface area contributed by atoms with E-state index >= 15 is 0 Å². The lowest BCUT2D eigenvalue weighted by atomic mass is 10.0. The third-order valence-electron chi connectivity index (χ3n) is 2.54. The Morgan fingerprint density at radius 1 is 1.50 bits per heavy atom. The predicted octanol–water partition coefficient (Wildman–Crippen LogP) is 2.79. The SMILES string of the molecule is CC[C]1CC1(C)CC. The van der Waals surface area contributed by atoms with Crippen LogP contribution in [0.3, 0.4) is 0 Å². The maximum Gasteiger partial charge on any atom is -0.0179 e. The van der Waals surface area contributed by atoms with Crippen molar-refractivity contribution >= 4 is 0 Å². The summed E-state index contributed by atoms with van der Waals surface area (Å²) in [6.45, 7) is 6.91. The fourth-order valence-electron chi connectivity index (χ4n) is 1.35. The molecule has 0 nitrogen and oxygen atoms in total. The van der Waals surface area contributed by atoms with E-state index in [4.69, 9.17) is 0 Å². The smallest absolute Gasteiger partial charge is 0.0179 e. The molecule has 0 bridgehead atoms. The summed E-state index contributed by atoms with van der Waals surface area (Å²) in [5, 5.41) is 0. The maximum absolute atomic E-state index is 2.37. The van der Waals surface area contributed by atoms with Crippen molar-refractivity contribution in [3.63, 3.8) is 0 Å². The summed E-state index contributed by atoms with van der Waals surface area (Å²) in [7, 11) is 0. The van der Waals surface area contributed by atoms with Crippen LogP contribution in [0.2, 0.25) is 0 Å². The largest absolute Gasteiger partial charge is 0.0648 e. The molecule has 1 unspecified atom stereocenters. The summed E-state index contributed by atoms with van der Waals surface area (Å²) in [4.78, 5) is 0. The first-order valence-corrected chi connectivity index (χ1v) is 3.58. The first kappa shape index (κ1) is 6.12. The molecule has 0 aromatic heterocycles.